The van der Waals surface area contributed by atoms with E-state index in [0.717, 1.165) is 37.4 Å². The molecule has 0 aliphatic heterocycles. The Kier molecular flexibility index (Phi) is 4.14. The quantitative estimate of drug-likeness (QED) is 0.738. The zero-order valence-corrected chi connectivity index (χ0v) is 10.2. The number of hydrogen-bond donors (Lipinski definition) is 3. The van der Waals surface area contributed by atoms with Crippen molar-refractivity contribution in [2.75, 3.05) is 24.2 Å². The fourth-order valence-electron chi connectivity index (χ4n) is 2.25. The summed E-state index contributed by atoms with van der Waals surface area (Å²) in [5.41, 5.74) is 0. The van der Waals surface area contributed by atoms with Crippen LogP contribution in [0.2, 0.25) is 0 Å². The molecule has 2 rings (SSSR count). The molecule has 1 fully saturated rings. The second kappa shape index (κ2) is 5.82. The number of hydrogen-bond acceptors (Lipinski definition) is 5. The highest BCUT2D eigenvalue weighted by Crippen LogP contribution is 2.24. The van der Waals surface area contributed by atoms with Crippen LogP contribution in [0.3, 0.4) is 0 Å². The topological polar surface area (TPSA) is 70.1 Å². The summed E-state index contributed by atoms with van der Waals surface area (Å²) >= 11 is 0. The Morgan fingerprint density at radius 3 is 2.82 bits per heavy atom. The summed E-state index contributed by atoms with van der Waals surface area (Å²) in [4.78, 5) is 8.21. The molecule has 94 valence electrons. The Hall–Kier alpha value is -1.36. The van der Waals surface area contributed by atoms with Gasteiger partial charge in [0.15, 0.2) is 0 Å². The number of aromatic nitrogens is 2. The van der Waals surface area contributed by atoms with Crippen molar-refractivity contribution in [3.05, 3.63) is 12.4 Å². The lowest BCUT2D eigenvalue weighted by Gasteiger charge is -2.27. The summed E-state index contributed by atoms with van der Waals surface area (Å²) in [6.07, 6.45) is 5.76. The SMILES string of the molecule is CNc1cc(NCC2CCCCC2O)ncn1. The zero-order valence-electron chi connectivity index (χ0n) is 10.2. The van der Waals surface area contributed by atoms with Gasteiger partial charge in [-0.25, -0.2) is 9.97 Å². The molecule has 1 saturated carbocycles. The van der Waals surface area contributed by atoms with Crippen molar-refractivity contribution in [2.24, 2.45) is 5.92 Å². The molecule has 0 aromatic carbocycles. The number of anilines is 2. The van der Waals surface area contributed by atoms with Crippen molar-refractivity contribution < 1.29 is 5.11 Å². The fourth-order valence-corrected chi connectivity index (χ4v) is 2.25. The Labute approximate surface area is 102 Å². The second-order valence-electron chi connectivity index (χ2n) is 4.53. The summed E-state index contributed by atoms with van der Waals surface area (Å²) in [5.74, 6) is 1.95. The van der Waals surface area contributed by atoms with E-state index in [-0.39, 0.29) is 6.10 Å². The van der Waals surface area contributed by atoms with Crippen molar-refractivity contribution in [2.45, 2.75) is 31.8 Å². The van der Waals surface area contributed by atoms with E-state index in [1.165, 1.54) is 12.7 Å². The number of aliphatic hydroxyl groups is 1. The highest BCUT2D eigenvalue weighted by atomic mass is 16.3. The lowest BCUT2D eigenvalue weighted by atomic mass is 9.86. The predicted molar refractivity (Wildman–Crippen MR) is 68.0 cm³/mol. The second-order valence-corrected chi connectivity index (χ2v) is 4.53. The van der Waals surface area contributed by atoms with E-state index in [0.29, 0.717) is 5.92 Å². The first-order chi connectivity index (χ1) is 8.29. The third kappa shape index (κ3) is 3.30. The van der Waals surface area contributed by atoms with Gasteiger partial charge in [-0.15, -0.1) is 0 Å². The first-order valence-corrected chi connectivity index (χ1v) is 6.21. The van der Waals surface area contributed by atoms with Crippen LogP contribution in [0.25, 0.3) is 0 Å². The largest absolute Gasteiger partial charge is 0.393 e. The number of rotatable bonds is 4. The van der Waals surface area contributed by atoms with Crippen LogP contribution in [0, 0.1) is 5.92 Å². The van der Waals surface area contributed by atoms with Gasteiger partial charge < -0.3 is 15.7 Å². The van der Waals surface area contributed by atoms with Crippen molar-refractivity contribution in [3.8, 4) is 0 Å². The average molecular weight is 236 g/mol. The maximum atomic E-state index is 9.86. The summed E-state index contributed by atoms with van der Waals surface area (Å²) < 4.78 is 0. The standard InChI is InChI=1S/C12H20N4O/c1-13-11-6-12(16-8-15-11)14-7-9-4-2-3-5-10(9)17/h6,8-10,17H,2-5,7H2,1H3,(H2,13,14,15,16). The normalized spacial score (nSPS) is 24.4. The van der Waals surface area contributed by atoms with Gasteiger partial charge in [0.25, 0.3) is 0 Å². The van der Waals surface area contributed by atoms with Gasteiger partial charge in [-0.05, 0) is 12.8 Å². The molecule has 1 aromatic rings. The van der Waals surface area contributed by atoms with Crippen LogP contribution in [-0.2, 0) is 0 Å². The molecule has 2 atom stereocenters. The highest BCUT2D eigenvalue weighted by molar-refractivity contribution is 5.45. The monoisotopic (exact) mass is 236 g/mol. The Bertz CT molecular complexity index is 358. The number of aliphatic hydroxyl groups excluding tert-OH is 1. The van der Waals surface area contributed by atoms with E-state index in [2.05, 4.69) is 20.6 Å². The molecule has 0 bridgehead atoms. The summed E-state index contributed by atoms with van der Waals surface area (Å²) in [6.45, 7) is 0.779. The van der Waals surface area contributed by atoms with Gasteiger partial charge in [-0.1, -0.05) is 12.8 Å². The van der Waals surface area contributed by atoms with Crippen LogP contribution in [-0.4, -0.2) is 34.8 Å². The average Bonchev–Trinajstić information content (AvgIpc) is 2.38. The van der Waals surface area contributed by atoms with Crippen LogP contribution >= 0.6 is 0 Å². The van der Waals surface area contributed by atoms with E-state index in [1.807, 2.05) is 13.1 Å². The van der Waals surface area contributed by atoms with Crippen LogP contribution in [0.4, 0.5) is 11.6 Å². The van der Waals surface area contributed by atoms with Crippen molar-refractivity contribution >= 4 is 11.6 Å². The maximum Gasteiger partial charge on any atom is 0.131 e. The van der Waals surface area contributed by atoms with Crippen LogP contribution in [0.15, 0.2) is 12.4 Å². The molecular weight excluding hydrogens is 216 g/mol. The Morgan fingerprint density at radius 2 is 2.06 bits per heavy atom. The lowest BCUT2D eigenvalue weighted by molar-refractivity contribution is 0.0763. The highest BCUT2D eigenvalue weighted by Gasteiger charge is 2.22. The van der Waals surface area contributed by atoms with E-state index in [1.54, 1.807) is 0 Å². The van der Waals surface area contributed by atoms with E-state index < -0.39 is 0 Å². The molecule has 1 aliphatic carbocycles. The van der Waals surface area contributed by atoms with Gasteiger partial charge in [-0.3, -0.25) is 0 Å². The third-order valence-electron chi connectivity index (χ3n) is 3.34. The number of nitrogens with zero attached hydrogens (tertiary/aromatic N) is 2. The smallest absolute Gasteiger partial charge is 0.131 e. The lowest BCUT2D eigenvalue weighted by Crippen LogP contribution is -2.30. The van der Waals surface area contributed by atoms with Gasteiger partial charge in [0, 0.05) is 25.6 Å². The van der Waals surface area contributed by atoms with Crippen LogP contribution in [0.5, 0.6) is 0 Å². The van der Waals surface area contributed by atoms with Gasteiger partial charge in [-0.2, -0.15) is 0 Å². The molecule has 5 heteroatoms. The fraction of sp³-hybridized carbons (Fsp3) is 0.667. The van der Waals surface area contributed by atoms with Gasteiger partial charge in [0.05, 0.1) is 6.10 Å². The first-order valence-electron chi connectivity index (χ1n) is 6.21. The van der Waals surface area contributed by atoms with Gasteiger partial charge >= 0.3 is 0 Å². The molecule has 1 aromatic heterocycles. The molecular formula is C12H20N4O. The predicted octanol–water partition coefficient (Wildman–Crippen LogP) is 1.48. The minimum Gasteiger partial charge on any atom is -0.393 e. The molecule has 0 amide bonds. The summed E-state index contributed by atoms with van der Waals surface area (Å²) in [7, 11) is 1.83. The maximum absolute atomic E-state index is 9.86. The first kappa shape index (κ1) is 12.1. The van der Waals surface area contributed by atoms with Crippen molar-refractivity contribution in [1.82, 2.24) is 9.97 Å². The van der Waals surface area contributed by atoms with Crippen LogP contribution < -0.4 is 10.6 Å². The Morgan fingerprint density at radius 1 is 1.29 bits per heavy atom. The minimum absolute atomic E-state index is 0.165. The molecule has 5 nitrogen and oxygen atoms in total. The van der Waals surface area contributed by atoms with E-state index in [4.69, 9.17) is 0 Å². The molecule has 0 radical (unpaired) electrons. The molecule has 17 heavy (non-hydrogen) atoms. The Balaban J connectivity index is 1.88. The summed E-state index contributed by atoms with van der Waals surface area (Å²) in [6, 6.07) is 1.87. The molecule has 0 spiro atoms. The van der Waals surface area contributed by atoms with Crippen molar-refractivity contribution in [3.63, 3.8) is 0 Å². The summed E-state index contributed by atoms with van der Waals surface area (Å²) in [5, 5.41) is 16.1. The zero-order chi connectivity index (χ0) is 12.1. The molecule has 1 heterocycles. The van der Waals surface area contributed by atoms with Crippen LogP contribution in [0.1, 0.15) is 25.7 Å². The van der Waals surface area contributed by atoms with Gasteiger partial charge in [0.2, 0.25) is 0 Å². The molecule has 1 aliphatic rings. The van der Waals surface area contributed by atoms with E-state index >= 15 is 0 Å². The third-order valence-corrected chi connectivity index (χ3v) is 3.34. The minimum atomic E-state index is -0.165. The van der Waals surface area contributed by atoms with Gasteiger partial charge in [0.1, 0.15) is 18.0 Å². The van der Waals surface area contributed by atoms with E-state index in [9.17, 15) is 5.11 Å². The van der Waals surface area contributed by atoms with Crippen molar-refractivity contribution in [1.29, 1.82) is 0 Å². The molecule has 3 N–H and O–H groups in total. The molecule has 2 unspecified atom stereocenters. The molecule has 0 saturated heterocycles. The number of nitrogens with one attached hydrogen (secondary N) is 2.